The van der Waals surface area contributed by atoms with Gasteiger partial charge in [0, 0.05) is 25.8 Å². The van der Waals surface area contributed by atoms with Crippen LogP contribution in [0, 0.1) is 11.3 Å². The molecular formula is C13H25NO. The van der Waals surface area contributed by atoms with Crippen LogP contribution in [-0.4, -0.2) is 25.8 Å². The van der Waals surface area contributed by atoms with E-state index >= 15 is 0 Å². The van der Waals surface area contributed by atoms with Crippen molar-refractivity contribution in [2.24, 2.45) is 11.3 Å². The van der Waals surface area contributed by atoms with Crippen LogP contribution in [0.2, 0.25) is 0 Å². The third kappa shape index (κ3) is 2.54. The molecule has 2 nitrogen and oxygen atoms in total. The summed E-state index contributed by atoms with van der Waals surface area (Å²) < 4.78 is 5.52. The van der Waals surface area contributed by atoms with Crippen molar-refractivity contribution in [3.05, 3.63) is 0 Å². The fourth-order valence-corrected chi connectivity index (χ4v) is 2.94. The van der Waals surface area contributed by atoms with Crippen molar-refractivity contribution in [1.29, 1.82) is 0 Å². The molecule has 1 N–H and O–H groups in total. The third-order valence-electron chi connectivity index (χ3n) is 4.32. The molecule has 2 rings (SSSR count). The summed E-state index contributed by atoms with van der Waals surface area (Å²) >= 11 is 0. The average molecular weight is 211 g/mol. The molecular weight excluding hydrogens is 186 g/mol. The summed E-state index contributed by atoms with van der Waals surface area (Å²) in [6.45, 7) is 7.66. The van der Waals surface area contributed by atoms with E-state index in [0.717, 1.165) is 19.1 Å². The second kappa shape index (κ2) is 4.84. The maximum Gasteiger partial charge on any atom is 0.0471 e. The molecule has 1 aliphatic heterocycles. The maximum absolute atomic E-state index is 5.52. The molecule has 0 aromatic carbocycles. The molecule has 0 unspecified atom stereocenters. The predicted octanol–water partition coefficient (Wildman–Crippen LogP) is 2.58. The Morgan fingerprint density at radius 2 is 1.93 bits per heavy atom. The van der Waals surface area contributed by atoms with Crippen LogP contribution in [-0.2, 0) is 4.74 Å². The summed E-state index contributed by atoms with van der Waals surface area (Å²) in [5.74, 6) is 0.979. The van der Waals surface area contributed by atoms with E-state index in [1.54, 1.807) is 0 Å². The molecule has 0 aromatic rings. The van der Waals surface area contributed by atoms with Gasteiger partial charge in [-0.3, -0.25) is 0 Å². The van der Waals surface area contributed by atoms with Gasteiger partial charge in [-0.2, -0.15) is 0 Å². The fourth-order valence-electron chi connectivity index (χ4n) is 2.94. The van der Waals surface area contributed by atoms with Gasteiger partial charge in [0.2, 0.25) is 0 Å². The summed E-state index contributed by atoms with van der Waals surface area (Å²) in [5, 5.41) is 3.65. The molecule has 15 heavy (non-hydrogen) atoms. The van der Waals surface area contributed by atoms with Crippen LogP contribution in [0.25, 0.3) is 0 Å². The first-order chi connectivity index (χ1) is 7.23. The smallest absolute Gasteiger partial charge is 0.0471 e. The topological polar surface area (TPSA) is 21.3 Å². The largest absolute Gasteiger partial charge is 0.381 e. The van der Waals surface area contributed by atoms with Gasteiger partial charge in [0.05, 0.1) is 0 Å². The summed E-state index contributed by atoms with van der Waals surface area (Å²) in [6, 6.07) is 0.616. The van der Waals surface area contributed by atoms with Crippen molar-refractivity contribution >= 4 is 0 Å². The number of hydrogen-bond acceptors (Lipinski definition) is 2. The molecule has 0 spiro atoms. The Balaban J connectivity index is 1.93. The van der Waals surface area contributed by atoms with Crippen molar-refractivity contribution in [3.8, 4) is 0 Å². The standard InChI is InChI=1S/C13H25NO/c1-11(2)14-10-13(12-4-3-5-12)6-8-15-9-7-13/h11-12,14H,3-10H2,1-2H3. The SMILES string of the molecule is CC(C)NCC1(C2CCC2)CCOCC1. The lowest BCUT2D eigenvalue weighted by molar-refractivity contribution is -0.0412. The molecule has 1 heterocycles. The predicted molar refractivity (Wildman–Crippen MR) is 63.0 cm³/mol. The van der Waals surface area contributed by atoms with Crippen molar-refractivity contribution in [2.75, 3.05) is 19.8 Å². The van der Waals surface area contributed by atoms with Crippen molar-refractivity contribution in [3.63, 3.8) is 0 Å². The fraction of sp³-hybridized carbons (Fsp3) is 1.00. The van der Waals surface area contributed by atoms with Gasteiger partial charge in [-0.05, 0) is 37.0 Å². The Kier molecular flexibility index (Phi) is 3.68. The van der Waals surface area contributed by atoms with Crippen LogP contribution in [0.15, 0.2) is 0 Å². The lowest BCUT2D eigenvalue weighted by Gasteiger charge is -2.48. The summed E-state index contributed by atoms with van der Waals surface area (Å²) in [4.78, 5) is 0. The molecule has 0 atom stereocenters. The molecule has 2 aliphatic rings. The second-order valence-electron chi connectivity index (χ2n) is 5.64. The van der Waals surface area contributed by atoms with Crippen molar-refractivity contribution in [1.82, 2.24) is 5.32 Å². The van der Waals surface area contributed by atoms with Crippen molar-refractivity contribution < 1.29 is 4.74 Å². The quantitative estimate of drug-likeness (QED) is 0.771. The van der Waals surface area contributed by atoms with E-state index in [9.17, 15) is 0 Å². The normalized spacial score (nSPS) is 26.6. The minimum absolute atomic E-state index is 0.570. The van der Waals surface area contributed by atoms with Gasteiger partial charge < -0.3 is 10.1 Å². The number of nitrogens with one attached hydrogen (secondary N) is 1. The van der Waals surface area contributed by atoms with Crippen LogP contribution < -0.4 is 5.32 Å². The Hall–Kier alpha value is -0.0800. The second-order valence-corrected chi connectivity index (χ2v) is 5.64. The van der Waals surface area contributed by atoms with E-state index in [2.05, 4.69) is 19.2 Å². The number of ether oxygens (including phenoxy) is 1. The molecule has 0 amide bonds. The lowest BCUT2D eigenvalue weighted by atomic mass is 9.61. The average Bonchev–Trinajstić information content (AvgIpc) is 2.14. The molecule has 0 bridgehead atoms. The highest BCUT2D eigenvalue weighted by Crippen LogP contribution is 2.47. The lowest BCUT2D eigenvalue weighted by Crippen LogP contribution is -2.48. The molecule has 1 saturated heterocycles. The molecule has 2 fully saturated rings. The molecule has 88 valence electrons. The van der Waals surface area contributed by atoms with E-state index in [0.29, 0.717) is 11.5 Å². The molecule has 1 aliphatic carbocycles. The van der Waals surface area contributed by atoms with Gasteiger partial charge in [0.1, 0.15) is 0 Å². The first-order valence-electron chi connectivity index (χ1n) is 6.54. The van der Waals surface area contributed by atoms with Crippen LogP contribution in [0.1, 0.15) is 46.0 Å². The molecule has 1 saturated carbocycles. The van der Waals surface area contributed by atoms with Gasteiger partial charge in [-0.15, -0.1) is 0 Å². The Bertz CT molecular complexity index is 193. The minimum Gasteiger partial charge on any atom is -0.381 e. The van der Waals surface area contributed by atoms with E-state index in [1.807, 2.05) is 0 Å². The Labute approximate surface area is 93.8 Å². The number of hydrogen-bond donors (Lipinski definition) is 1. The first-order valence-corrected chi connectivity index (χ1v) is 6.54. The highest BCUT2D eigenvalue weighted by atomic mass is 16.5. The van der Waals surface area contributed by atoms with Gasteiger partial charge >= 0.3 is 0 Å². The first kappa shape index (κ1) is 11.4. The number of rotatable bonds is 4. The zero-order valence-corrected chi connectivity index (χ0v) is 10.2. The van der Waals surface area contributed by atoms with Crippen LogP contribution in [0.5, 0.6) is 0 Å². The summed E-state index contributed by atoms with van der Waals surface area (Å²) in [6.07, 6.45) is 6.92. The van der Waals surface area contributed by atoms with Gasteiger partial charge in [0.25, 0.3) is 0 Å². The minimum atomic E-state index is 0.570. The highest BCUT2D eigenvalue weighted by molar-refractivity contribution is 4.94. The summed E-state index contributed by atoms with van der Waals surface area (Å²) in [7, 11) is 0. The van der Waals surface area contributed by atoms with Crippen LogP contribution in [0.4, 0.5) is 0 Å². The molecule has 2 heteroatoms. The van der Waals surface area contributed by atoms with Gasteiger partial charge in [-0.25, -0.2) is 0 Å². The zero-order chi connectivity index (χ0) is 10.7. The van der Waals surface area contributed by atoms with E-state index in [4.69, 9.17) is 4.74 Å². The van der Waals surface area contributed by atoms with E-state index in [1.165, 1.54) is 38.6 Å². The highest BCUT2D eigenvalue weighted by Gasteiger charge is 2.42. The van der Waals surface area contributed by atoms with Gasteiger partial charge in [-0.1, -0.05) is 20.3 Å². The van der Waals surface area contributed by atoms with Crippen LogP contribution >= 0.6 is 0 Å². The molecule has 0 aromatic heterocycles. The maximum atomic E-state index is 5.52. The van der Waals surface area contributed by atoms with E-state index < -0.39 is 0 Å². The Morgan fingerprint density at radius 3 is 2.40 bits per heavy atom. The monoisotopic (exact) mass is 211 g/mol. The third-order valence-corrected chi connectivity index (χ3v) is 4.32. The molecule has 0 radical (unpaired) electrons. The van der Waals surface area contributed by atoms with Gasteiger partial charge in [0.15, 0.2) is 0 Å². The van der Waals surface area contributed by atoms with E-state index in [-0.39, 0.29) is 0 Å². The Morgan fingerprint density at radius 1 is 1.27 bits per heavy atom. The van der Waals surface area contributed by atoms with Crippen LogP contribution in [0.3, 0.4) is 0 Å². The van der Waals surface area contributed by atoms with Crippen molar-refractivity contribution in [2.45, 2.75) is 52.0 Å². The zero-order valence-electron chi connectivity index (χ0n) is 10.2. The summed E-state index contributed by atoms with van der Waals surface area (Å²) in [5.41, 5.74) is 0.570.